The molecule has 9 heteroatoms. The van der Waals surface area contributed by atoms with Gasteiger partial charge in [-0.1, -0.05) is 25.5 Å². The fourth-order valence-corrected chi connectivity index (χ4v) is 3.46. The summed E-state index contributed by atoms with van der Waals surface area (Å²) in [5, 5.41) is 15.6. The van der Waals surface area contributed by atoms with Crippen molar-refractivity contribution in [2.24, 2.45) is 0 Å². The van der Waals surface area contributed by atoms with Gasteiger partial charge >= 0.3 is 5.97 Å². The van der Waals surface area contributed by atoms with Gasteiger partial charge in [-0.25, -0.2) is 4.68 Å². The zero-order valence-corrected chi connectivity index (χ0v) is 20.1. The average molecular weight is 479 g/mol. The maximum absolute atomic E-state index is 12.2. The minimum Gasteiger partial charge on any atom is -0.486 e. The van der Waals surface area contributed by atoms with Gasteiger partial charge in [-0.2, -0.15) is 5.10 Å². The third-order valence-corrected chi connectivity index (χ3v) is 5.34. The summed E-state index contributed by atoms with van der Waals surface area (Å²) in [6.07, 6.45) is 4.63. The van der Waals surface area contributed by atoms with E-state index in [0.717, 1.165) is 24.1 Å². The lowest BCUT2D eigenvalue weighted by atomic mass is 10.0. The van der Waals surface area contributed by atoms with E-state index in [1.54, 1.807) is 43.3 Å². The number of nitrogens with one attached hydrogen (secondary N) is 1. The van der Waals surface area contributed by atoms with Crippen molar-refractivity contribution in [2.45, 2.75) is 32.3 Å². The number of hydrogen-bond donors (Lipinski definition) is 2. The highest BCUT2D eigenvalue weighted by atomic mass is 16.5. The number of carbonyl (C=O) groups is 3. The first-order valence-corrected chi connectivity index (χ1v) is 11.4. The number of carbonyl (C=O) groups excluding carboxylic acids is 2. The Morgan fingerprint density at radius 2 is 1.74 bits per heavy atom. The van der Waals surface area contributed by atoms with Crippen LogP contribution in [-0.4, -0.2) is 58.2 Å². The molecular weight excluding hydrogens is 448 g/mol. The van der Waals surface area contributed by atoms with Crippen LogP contribution in [0.15, 0.2) is 60.9 Å². The fraction of sp³-hybridized carbons (Fsp3) is 0.308. The largest absolute Gasteiger partial charge is 0.486 e. The molecule has 2 N–H and O–H groups in total. The fourth-order valence-electron chi connectivity index (χ4n) is 3.46. The lowest BCUT2D eigenvalue weighted by Gasteiger charge is -2.19. The van der Waals surface area contributed by atoms with Crippen LogP contribution in [0.1, 0.15) is 58.6 Å². The molecule has 3 aromatic rings. The average Bonchev–Trinajstić information content (AvgIpc) is 3.34. The van der Waals surface area contributed by atoms with Gasteiger partial charge in [0.25, 0.3) is 11.8 Å². The van der Waals surface area contributed by atoms with Crippen LogP contribution in [0.4, 0.5) is 0 Å². The highest BCUT2D eigenvalue weighted by Crippen LogP contribution is 2.27. The number of hydrogen-bond acceptors (Lipinski definition) is 5. The maximum atomic E-state index is 12.2. The summed E-state index contributed by atoms with van der Waals surface area (Å²) in [5.41, 5.74) is 2.72. The van der Waals surface area contributed by atoms with E-state index in [-0.39, 0.29) is 30.9 Å². The second-order valence-electron chi connectivity index (χ2n) is 8.28. The monoisotopic (exact) mass is 478 g/mol. The molecular formula is C26H30N4O5. The Balaban J connectivity index is 1.66. The Morgan fingerprint density at radius 3 is 2.34 bits per heavy atom. The van der Waals surface area contributed by atoms with E-state index in [2.05, 4.69) is 17.3 Å². The lowest BCUT2D eigenvalue weighted by molar-refractivity contribution is -0.136. The summed E-state index contributed by atoms with van der Waals surface area (Å²) in [6.45, 7) is 2.16. The summed E-state index contributed by atoms with van der Waals surface area (Å²) in [4.78, 5) is 36.4. The van der Waals surface area contributed by atoms with Crippen LogP contribution in [0, 0.1) is 0 Å². The van der Waals surface area contributed by atoms with E-state index < -0.39 is 5.97 Å². The molecule has 3 rings (SSSR count). The summed E-state index contributed by atoms with van der Waals surface area (Å²) in [7, 11) is 3.40. The second-order valence-corrected chi connectivity index (χ2v) is 8.28. The zero-order chi connectivity index (χ0) is 25.4. The highest BCUT2D eigenvalue weighted by Gasteiger charge is 2.15. The first kappa shape index (κ1) is 25.5. The van der Waals surface area contributed by atoms with Crippen molar-refractivity contribution in [1.82, 2.24) is 20.0 Å². The van der Waals surface area contributed by atoms with E-state index >= 15 is 0 Å². The Bertz CT molecular complexity index is 1150. The number of carboxylic acid groups (broad SMARTS) is 1. The molecule has 0 fully saturated rings. The molecule has 1 aromatic heterocycles. The molecule has 0 bridgehead atoms. The van der Waals surface area contributed by atoms with Crippen molar-refractivity contribution in [3.8, 4) is 11.4 Å². The molecule has 2 amide bonds. The zero-order valence-electron chi connectivity index (χ0n) is 20.1. The Labute approximate surface area is 204 Å². The van der Waals surface area contributed by atoms with Crippen LogP contribution in [0.25, 0.3) is 5.69 Å². The molecule has 0 aliphatic heterocycles. The summed E-state index contributed by atoms with van der Waals surface area (Å²) < 4.78 is 7.89. The topological polar surface area (TPSA) is 114 Å². The van der Waals surface area contributed by atoms with Crippen molar-refractivity contribution in [3.63, 3.8) is 0 Å². The molecule has 0 radical (unpaired) electrons. The normalized spacial score (nSPS) is 11.5. The molecule has 35 heavy (non-hydrogen) atoms. The van der Waals surface area contributed by atoms with E-state index in [4.69, 9.17) is 9.84 Å². The van der Waals surface area contributed by atoms with Gasteiger partial charge in [0.15, 0.2) is 0 Å². The van der Waals surface area contributed by atoms with E-state index in [0.29, 0.717) is 16.9 Å². The molecule has 9 nitrogen and oxygen atoms in total. The number of ether oxygens (including phenoxy) is 1. The molecule has 0 aliphatic carbocycles. The van der Waals surface area contributed by atoms with Crippen LogP contribution in [0.2, 0.25) is 0 Å². The van der Waals surface area contributed by atoms with Gasteiger partial charge in [0.2, 0.25) is 0 Å². The molecule has 1 heterocycles. The van der Waals surface area contributed by atoms with Crippen molar-refractivity contribution < 1.29 is 24.2 Å². The second kappa shape index (κ2) is 11.8. The Kier molecular flexibility index (Phi) is 8.61. The first-order chi connectivity index (χ1) is 16.8. The van der Waals surface area contributed by atoms with E-state index in [1.807, 2.05) is 36.4 Å². The van der Waals surface area contributed by atoms with Crippen LogP contribution in [0.3, 0.4) is 0 Å². The number of nitrogens with zero attached hydrogens (tertiary/aromatic N) is 3. The minimum absolute atomic E-state index is 0.0826. The van der Waals surface area contributed by atoms with Crippen molar-refractivity contribution in [2.75, 3.05) is 20.6 Å². The molecule has 0 saturated heterocycles. The summed E-state index contributed by atoms with van der Waals surface area (Å²) in [5.74, 6) is -0.681. The molecule has 2 aromatic carbocycles. The van der Waals surface area contributed by atoms with Gasteiger partial charge in [0.1, 0.15) is 11.9 Å². The number of carboxylic acids is 1. The number of amides is 2. The van der Waals surface area contributed by atoms with Crippen LogP contribution in [-0.2, 0) is 4.79 Å². The highest BCUT2D eigenvalue weighted by molar-refractivity contribution is 5.94. The molecule has 0 spiro atoms. The van der Waals surface area contributed by atoms with Crippen LogP contribution < -0.4 is 10.1 Å². The smallest absolute Gasteiger partial charge is 0.305 e. The van der Waals surface area contributed by atoms with Gasteiger partial charge in [-0.3, -0.25) is 14.4 Å². The predicted molar refractivity (Wildman–Crippen MR) is 131 cm³/mol. The van der Waals surface area contributed by atoms with E-state index in [9.17, 15) is 14.4 Å². The first-order valence-electron chi connectivity index (χ1n) is 11.4. The van der Waals surface area contributed by atoms with Gasteiger partial charge in [0.05, 0.1) is 23.9 Å². The van der Waals surface area contributed by atoms with Gasteiger partial charge in [-0.15, -0.1) is 0 Å². The molecule has 1 unspecified atom stereocenters. The molecule has 0 aliphatic rings. The third-order valence-electron chi connectivity index (χ3n) is 5.34. The number of rotatable bonds is 11. The summed E-state index contributed by atoms with van der Waals surface area (Å²) >= 11 is 0. The number of aliphatic carboxylic acids is 1. The Hall–Kier alpha value is -4.14. The van der Waals surface area contributed by atoms with Gasteiger partial charge in [0, 0.05) is 32.4 Å². The quantitative estimate of drug-likeness (QED) is 0.434. The number of aromatic nitrogens is 2. The lowest BCUT2D eigenvalue weighted by Crippen LogP contribution is -2.26. The van der Waals surface area contributed by atoms with Crippen molar-refractivity contribution >= 4 is 17.8 Å². The van der Waals surface area contributed by atoms with Crippen molar-refractivity contribution in [1.29, 1.82) is 0 Å². The standard InChI is InChI=1S/C26H30N4O5/c1-4-5-23(18-6-8-19(9-7-18)25(33)27-15-14-24(31)32)35-22-12-10-21(11-13-22)30-17-20(16-28-30)26(34)29(2)3/h6-13,16-17,23H,4-5,14-15H2,1-3H3,(H,27,33)(H,31,32). The van der Waals surface area contributed by atoms with Crippen molar-refractivity contribution in [3.05, 3.63) is 77.6 Å². The third kappa shape index (κ3) is 6.92. The Morgan fingerprint density at radius 1 is 1.06 bits per heavy atom. The summed E-state index contributed by atoms with van der Waals surface area (Å²) in [6, 6.07) is 14.6. The molecule has 184 valence electrons. The predicted octanol–water partition coefficient (Wildman–Crippen LogP) is 3.70. The van der Waals surface area contributed by atoms with Gasteiger partial charge in [-0.05, 0) is 48.4 Å². The van der Waals surface area contributed by atoms with E-state index in [1.165, 1.54) is 4.90 Å². The molecule has 1 atom stereocenters. The maximum Gasteiger partial charge on any atom is 0.305 e. The minimum atomic E-state index is -0.956. The van der Waals surface area contributed by atoms with Crippen LogP contribution >= 0.6 is 0 Å². The number of benzene rings is 2. The van der Waals surface area contributed by atoms with Gasteiger partial charge < -0.3 is 20.1 Å². The SMILES string of the molecule is CCCC(Oc1ccc(-n2cc(C(=O)N(C)C)cn2)cc1)c1ccc(C(=O)NCCC(=O)O)cc1. The molecule has 0 saturated carbocycles. The van der Waals surface area contributed by atoms with Crippen LogP contribution in [0.5, 0.6) is 5.75 Å².